The van der Waals surface area contributed by atoms with Crippen LogP contribution in [0, 0.1) is 11.8 Å². The van der Waals surface area contributed by atoms with Crippen LogP contribution >= 0.6 is 11.6 Å². The molecule has 1 aliphatic heterocycles. The second kappa shape index (κ2) is 11.8. The summed E-state index contributed by atoms with van der Waals surface area (Å²) in [5, 5.41) is 6.24. The largest absolute Gasteiger partial charge is 0.495 e. The molecule has 39 heavy (non-hydrogen) atoms. The Morgan fingerprint density at radius 3 is 2.62 bits per heavy atom. The number of pyridine rings is 2. The third kappa shape index (κ3) is 6.20. The number of carbonyl (C=O) groups excluding carboxylic acids is 3. The van der Waals surface area contributed by atoms with Gasteiger partial charge in [0.1, 0.15) is 17.6 Å². The van der Waals surface area contributed by atoms with E-state index in [1.807, 2.05) is 18.2 Å². The molecule has 2 aromatic heterocycles. The summed E-state index contributed by atoms with van der Waals surface area (Å²) in [7, 11) is 1.56. The Labute approximate surface area is 231 Å². The average molecular weight is 548 g/mol. The van der Waals surface area contributed by atoms with Crippen molar-refractivity contribution in [3.63, 3.8) is 0 Å². The number of hydrogen-bond acceptors (Lipinski definition) is 6. The Balaban J connectivity index is 1.28. The minimum absolute atomic E-state index is 0.0600. The Bertz CT molecular complexity index is 1340. The van der Waals surface area contributed by atoms with E-state index >= 15 is 0 Å². The molecule has 1 aliphatic carbocycles. The van der Waals surface area contributed by atoms with Gasteiger partial charge in [-0.05, 0) is 74.1 Å². The monoisotopic (exact) mass is 547 g/mol. The van der Waals surface area contributed by atoms with E-state index in [0.717, 1.165) is 18.5 Å². The molecule has 2 aliphatic rings. The molecule has 1 saturated carbocycles. The predicted molar refractivity (Wildman–Crippen MR) is 148 cm³/mol. The van der Waals surface area contributed by atoms with Crippen molar-refractivity contribution in [3.8, 4) is 5.75 Å². The fourth-order valence-electron chi connectivity index (χ4n) is 5.28. The lowest BCUT2D eigenvalue weighted by Gasteiger charge is -2.35. The summed E-state index contributed by atoms with van der Waals surface area (Å²) in [6.45, 7) is 0.417. The maximum absolute atomic E-state index is 13.8. The summed E-state index contributed by atoms with van der Waals surface area (Å²) in [5.41, 5.74) is 1.56. The van der Waals surface area contributed by atoms with Crippen molar-refractivity contribution in [1.29, 1.82) is 0 Å². The number of methoxy groups -OCH3 is 1. The molecule has 0 radical (unpaired) electrons. The van der Waals surface area contributed by atoms with E-state index in [0.29, 0.717) is 53.6 Å². The topological polar surface area (TPSA) is 114 Å². The molecule has 2 N–H and O–H groups in total. The number of carbonyl (C=O) groups is 3. The third-order valence-corrected chi connectivity index (χ3v) is 7.67. The first-order chi connectivity index (χ1) is 18.9. The van der Waals surface area contributed by atoms with Gasteiger partial charge in [0.15, 0.2) is 0 Å². The molecular formula is C29H30ClN5O4. The first kappa shape index (κ1) is 26.6. The molecule has 1 atom stereocenters. The fraction of sp³-hybridized carbons (Fsp3) is 0.345. The second-order valence-corrected chi connectivity index (χ2v) is 10.4. The van der Waals surface area contributed by atoms with Crippen molar-refractivity contribution in [3.05, 3.63) is 77.2 Å². The zero-order valence-electron chi connectivity index (χ0n) is 21.6. The van der Waals surface area contributed by atoms with Gasteiger partial charge in [-0.15, -0.1) is 0 Å². The van der Waals surface area contributed by atoms with Crippen LogP contribution in [0.3, 0.4) is 0 Å². The minimum Gasteiger partial charge on any atom is -0.495 e. The molecule has 3 heterocycles. The number of nitrogens with one attached hydrogen (secondary N) is 2. The number of aromatic nitrogens is 2. The highest BCUT2D eigenvalue weighted by Crippen LogP contribution is 2.33. The molecule has 10 heteroatoms. The van der Waals surface area contributed by atoms with Gasteiger partial charge >= 0.3 is 0 Å². The molecule has 3 amide bonds. The SMILES string of the molecule is COc1ccc(NC(=O)C2CCC(CN3C(=O)c4ccc(Cl)cc4NC(=O)[C@H]3Cc3ccccn3)CC2)nc1. The van der Waals surface area contributed by atoms with E-state index in [1.165, 1.54) is 0 Å². The zero-order chi connectivity index (χ0) is 27.4. The van der Waals surface area contributed by atoms with Crippen molar-refractivity contribution >= 4 is 40.8 Å². The highest BCUT2D eigenvalue weighted by Gasteiger charge is 2.38. The number of rotatable bonds is 7. The molecule has 1 aromatic carbocycles. The molecule has 1 fully saturated rings. The molecule has 0 bridgehead atoms. The Morgan fingerprint density at radius 2 is 1.92 bits per heavy atom. The van der Waals surface area contributed by atoms with Crippen molar-refractivity contribution in [1.82, 2.24) is 14.9 Å². The van der Waals surface area contributed by atoms with Crippen LogP contribution in [-0.2, 0) is 16.0 Å². The summed E-state index contributed by atoms with van der Waals surface area (Å²) in [6, 6.07) is 13.2. The van der Waals surface area contributed by atoms with Gasteiger partial charge in [0.25, 0.3) is 5.91 Å². The lowest BCUT2D eigenvalue weighted by Crippen LogP contribution is -2.49. The fourth-order valence-corrected chi connectivity index (χ4v) is 5.45. The first-order valence-electron chi connectivity index (χ1n) is 13.0. The van der Waals surface area contributed by atoms with Crippen molar-refractivity contribution in [2.75, 3.05) is 24.3 Å². The normalized spacial score (nSPS) is 21.0. The van der Waals surface area contributed by atoms with Gasteiger partial charge in [0.2, 0.25) is 11.8 Å². The van der Waals surface area contributed by atoms with Crippen LogP contribution in [0.2, 0.25) is 5.02 Å². The molecule has 3 aromatic rings. The smallest absolute Gasteiger partial charge is 0.256 e. The van der Waals surface area contributed by atoms with E-state index < -0.39 is 6.04 Å². The van der Waals surface area contributed by atoms with Crippen LogP contribution in [-0.4, -0.2) is 52.3 Å². The van der Waals surface area contributed by atoms with E-state index in [1.54, 1.807) is 54.7 Å². The first-order valence-corrected chi connectivity index (χ1v) is 13.4. The van der Waals surface area contributed by atoms with Crippen molar-refractivity contribution < 1.29 is 19.1 Å². The van der Waals surface area contributed by atoms with Gasteiger partial charge < -0.3 is 20.3 Å². The highest BCUT2D eigenvalue weighted by atomic mass is 35.5. The maximum atomic E-state index is 13.8. The molecule has 0 spiro atoms. The number of hydrogen-bond donors (Lipinski definition) is 2. The summed E-state index contributed by atoms with van der Waals surface area (Å²) < 4.78 is 5.11. The van der Waals surface area contributed by atoms with E-state index in [4.69, 9.17) is 16.3 Å². The number of anilines is 2. The molecular weight excluding hydrogens is 518 g/mol. The van der Waals surface area contributed by atoms with Gasteiger partial charge in [-0.25, -0.2) is 4.98 Å². The Morgan fingerprint density at radius 1 is 1.10 bits per heavy atom. The summed E-state index contributed by atoms with van der Waals surface area (Å²) in [6.07, 6.45) is 6.46. The van der Waals surface area contributed by atoms with Gasteiger partial charge in [0, 0.05) is 35.8 Å². The summed E-state index contributed by atoms with van der Waals surface area (Å²) in [4.78, 5) is 50.3. The number of nitrogens with zero attached hydrogens (tertiary/aromatic N) is 3. The number of ether oxygens (including phenoxy) is 1. The molecule has 0 saturated heterocycles. The molecule has 202 valence electrons. The molecule has 0 unspecified atom stereocenters. The highest BCUT2D eigenvalue weighted by molar-refractivity contribution is 6.31. The second-order valence-electron chi connectivity index (χ2n) is 9.97. The third-order valence-electron chi connectivity index (χ3n) is 7.43. The average Bonchev–Trinajstić information content (AvgIpc) is 3.04. The van der Waals surface area contributed by atoms with Crippen molar-refractivity contribution in [2.45, 2.75) is 38.1 Å². The minimum atomic E-state index is -0.722. The van der Waals surface area contributed by atoms with Gasteiger partial charge in [-0.3, -0.25) is 19.4 Å². The van der Waals surface area contributed by atoms with Crippen LogP contribution < -0.4 is 15.4 Å². The van der Waals surface area contributed by atoms with Gasteiger partial charge in [-0.1, -0.05) is 17.7 Å². The van der Waals surface area contributed by atoms with Crippen molar-refractivity contribution in [2.24, 2.45) is 11.8 Å². The lowest BCUT2D eigenvalue weighted by atomic mass is 9.81. The van der Waals surface area contributed by atoms with Crippen LogP contribution in [0.15, 0.2) is 60.9 Å². The standard InChI is InChI=1S/C29H30ClN5O4/c1-39-22-10-12-26(32-16-22)34-27(36)19-7-5-18(6-8-19)17-35-25(15-21-4-2-3-13-31-21)28(37)33-24-14-20(30)9-11-23(24)29(35)38/h2-4,9-14,16,18-19,25H,5-8,15,17H2,1H3,(H,33,37)(H,32,34,36)/t18?,19?,25-/m1/s1. The van der Waals surface area contributed by atoms with Gasteiger partial charge in [0.05, 0.1) is 24.6 Å². The van der Waals surface area contributed by atoms with Crippen LogP contribution in [0.5, 0.6) is 5.75 Å². The summed E-state index contributed by atoms with van der Waals surface area (Å²) in [5.74, 6) is 0.583. The quantitative estimate of drug-likeness (QED) is 0.447. The van der Waals surface area contributed by atoms with Crippen LogP contribution in [0.4, 0.5) is 11.5 Å². The number of amides is 3. The van der Waals surface area contributed by atoms with E-state index in [-0.39, 0.29) is 29.6 Å². The number of halogens is 1. The van der Waals surface area contributed by atoms with E-state index in [9.17, 15) is 14.4 Å². The van der Waals surface area contributed by atoms with Crippen LogP contribution in [0.25, 0.3) is 0 Å². The van der Waals surface area contributed by atoms with Gasteiger partial charge in [-0.2, -0.15) is 0 Å². The number of benzene rings is 1. The molecule has 9 nitrogen and oxygen atoms in total. The van der Waals surface area contributed by atoms with E-state index in [2.05, 4.69) is 20.6 Å². The lowest BCUT2D eigenvalue weighted by molar-refractivity contribution is -0.121. The predicted octanol–water partition coefficient (Wildman–Crippen LogP) is 4.59. The summed E-state index contributed by atoms with van der Waals surface area (Å²) >= 11 is 6.16. The number of fused-ring (bicyclic) bond motifs is 1. The molecule has 5 rings (SSSR count). The van der Waals surface area contributed by atoms with Crippen LogP contribution in [0.1, 0.15) is 41.7 Å². The Kier molecular flexibility index (Phi) is 8.07. The Hall–Kier alpha value is -3.98. The maximum Gasteiger partial charge on any atom is 0.256 e. The zero-order valence-corrected chi connectivity index (χ0v) is 22.4.